The van der Waals surface area contributed by atoms with Crippen LogP contribution in [0.5, 0.6) is 0 Å². The third kappa shape index (κ3) is 5.83. The second-order valence-electron chi connectivity index (χ2n) is 4.40. The van der Waals surface area contributed by atoms with Crippen molar-refractivity contribution in [3.8, 4) is 11.8 Å². The number of ether oxygens (including phenoxy) is 1. The van der Waals surface area contributed by atoms with Crippen LogP contribution < -0.4 is 5.32 Å². The van der Waals surface area contributed by atoms with Gasteiger partial charge in [0.15, 0.2) is 0 Å². The van der Waals surface area contributed by atoms with E-state index < -0.39 is 5.82 Å². The maximum Gasteiger partial charge on any atom is 0.246 e. The first-order valence-corrected chi connectivity index (χ1v) is 6.29. The molecule has 5 heteroatoms. The smallest absolute Gasteiger partial charge is 0.246 e. The summed E-state index contributed by atoms with van der Waals surface area (Å²) in [6.45, 7) is 3.42. The van der Waals surface area contributed by atoms with E-state index in [9.17, 15) is 9.18 Å². The Kier molecular flexibility index (Phi) is 6.71. The van der Waals surface area contributed by atoms with Crippen LogP contribution in [0.1, 0.15) is 25.0 Å². The lowest BCUT2D eigenvalue weighted by Crippen LogP contribution is -2.28. The highest BCUT2D eigenvalue weighted by Crippen LogP contribution is 2.09. The monoisotopic (exact) mass is 279 g/mol. The van der Waals surface area contributed by atoms with Gasteiger partial charge in [-0.05, 0) is 32.0 Å². The van der Waals surface area contributed by atoms with Gasteiger partial charge in [-0.2, -0.15) is 0 Å². The molecule has 1 amide bonds. The van der Waals surface area contributed by atoms with Crippen LogP contribution in [0.25, 0.3) is 0 Å². The molecule has 0 heterocycles. The summed E-state index contributed by atoms with van der Waals surface area (Å²) in [4.78, 5) is 11.5. The Bertz CT molecular complexity index is 518. The SMILES string of the molecule is CC(C)OCC(=O)NCc1cc(C#CCO)ccc1F. The minimum Gasteiger partial charge on any atom is -0.384 e. The van der Waals surface area contributed by atoms with Gasteiger partial charge in [0.25, 0.3) is 0 Å². The fourth-order valence-corrected chi connectivity index (χ4v) is 1.42. The average molecular weight is 279 g/mol. The predicted molar refractivity (Wildman–Crippen MR) is 73.3 cm³/mol. The molecular weight excluding hydrogens is 261 g/mol. The Morgan fingerprint density at radius 3 is 2.90 bits per heavy atom. The molecule has 0 saturated carbocycles. The first kappa shape index (κ1) is 16.2. The zero-order valence-electron chi connectivity index (χ0n) is 11.6. The summed E-state index contributed by atoms with van der Waals surface area (Å²) >= 11 is 0. The van der Waals surface area contributed by atoms with E-state index in [4.69, 9.17) is 9.84 Å². The second kappa shape index (κ2) is 8.31. The average Bonchev–Trinajstić information content (AvgIpc) is 2.42. The molecule has 0 unspecified atom stereocenters. The van der Waals surface area contributed by atoms with Crippen LogP contribution in [0, 0.1) is 17.7 Å². The molecule has 0 aliphatic carbocycles. The molecule has 0 atom stereocenters. The minimum absolute atomic E-state index is 0.0328. The van der Waals surface area contributed by atoms with Crippen molar-refractivity contribution in [1.82, 2.24) is 5.32 Å². The van der Waals surface area contributed by atoms with Crippen molar-refractivity contribution in [3.05, 3.63) is 35.1 Å². The molecule has 0 saturated heterocycles. The summed E-state index contributed by atoms with van der Waals surface area (Å²) in [6.07, 6.45) is -0.0328. The lowest BCUT2D eigenvalue weighted by atomic mass is 10.1. The number of benzene rings is 1. The first-order valence-electron chi connectivity index (χ1n) is 6.29. The van der Waals surface area contributed by atoms with Crippen molar-refractivity contribution < 1.29 is 19.0 Å². The van der Waals surface area contributed by atoms with E-state index in [1.54, 1.807) is 6.07 Å². The number of nitrogens with one attached hydrogen (secondary N) is 1. The van der Waals surface area contributed by atoms with Crippen LogP contribution >= 0.6 is 0 Å². The normalized spacial score (nSPS) is 10.1. The minimum atomic E-state index is -0.412. The zero-order valence-corrected chi connectivity index (χ0v) is 11.6. The van der Waals surface area contributed by atoms with Crippen molar-refractivity contribution in [2.75, 3.05) is 13.2 Å². The maximum atomic E-state index is 13.6. The standard InChI is InChI=1S/C15H18FNO3/c1-11(2)20-10-15(19)17-9-13-8-12(4-3-7-18)5-6-14(13)16/h5-6,8,11,18H,7,9-10H2,1-2H3,(H,17,19). The van der Waals surface area contributed by atoms with Gasteiger partial charge in [-0.25, -0.2) is 4.39 Å². The van der Waals surface area contributed by atoms with E-state index in [1.165, 1.54) is 12.1 Å². The van der Waals surface area contributed by atoms with E-state index >= 15 is 0 Å². The Labute approximate surface area is 117 Å². The summed E-state index contributed by atoms with van der Waals surface area (Å²) in [5.74, 6) is 4.46. The molecule has 1 rings (SSSR count). The second-order valence-corrected chi connectivity index (χ2v) is 4.40. The number of aliphatic hydroxyl groups excluding tert-OH is 1. The van der Waals surface area contributed by atoms with Crippen molar-refractivity contribution >= 4 is 5.91 Å². The highest BCUT2D eigenvalue weighted by molar-refractivity contribution is 5.77. The van der Waals surface area contributed by atoms with Crippen LogP contribution in [0.2, 0.25) is 0 Å². The van der Waals surface area contributed by atoms with E-state index in [0.29, 0.717) is 11.1 Å². The number of halogens is 1. The van der Waals surface area contributed by atoms with Crippen molar-refractivity contribution in [3.63, 3.8) is 0 Å². The predicted octanol–water partition coefficient (Wildman–Crippen LogP) is 1.21. The van der Waals surface area contributed by atoms with Gasteiger partial charge in [0.05, 0.1) is 6.10 Å². The van der Waals surface area contributed by atoms with Gasteiger partial charge in [0.2, 0.25) is 5.91 Å². The highest BCUT2D eigenvalue weighted by Gasteiger charge is 2.06. The largest absolute Gasteiger partial charge is 0.384 e. The molecule has 20 heavy (non-hydrogen) atoms. The van der Waals surface area contributed by atoms with Crippen LogP contribution in [0.3, 0.4) is 0 Å². The molecule has 0 spiro atoms. The molecular formula is C15H18FNO3. The molecule has 0 aliphatic heterocycles. The van der Waals surface area contributed by atoms with Crippen LogP contribution in [-0.2, 0) is 16.1 Å². The molecule has 1 aromatic rings. The highest BCUT2D eigenvalue weighted by atomic mass is 19.1. The third-order valence-corrected chi connectivity index (χ3v) is 2.38. The van der Waals surface area contributed by atoms with Crippen LogP contribution in [0.15, 0.2) is 18.2 Å². The fraction of sp³-hybridized carbons (Fsp3) is 0.400. The summed E-state index contributed by atoms with van der Waals surface area (Å²) < 4.78 is 18.7. The summed E-state index contributed by atoms with van der Waals surface area (Å²) in [5, 5.41) is 11.2. The zero-order chi connectivity index (χ0) is 15.0. The van der Waals surface area contributed by atoms with Gasteiger partial charge in [-0.1, -0.05) is 11.8 Å². The molecule has 0 fully saturated rings. The molecule has 0 aliphatic rings. The summed E-state index contributed by atoms with van der Waals surface area (Å²) in [7, 11) is 0. The molecule has 4 nitrogen and oxygen atoms in total. The third-order valence-electron chi connectivity index (χ3n) is 2.38. The number of carbonyl (C=O) groups excluding carboxylic acids is 1. The Balaban J connectivity index is 2.60. The molecule has 0 radical (unpaired) electrons. The van der Waals surface area contributed by atoms with E-state index in [1.807, 2.05) is 13.8 Å². The van der Waals surface area contributed by atoms with Gasteiger partial charge >= 0.3 is 0 Å². The van der Waals surface area contributed by atoms with Gasteiger partial charge in [0.1, 0.15) is 19.0 Å². The van der Waals surface area contributed by atoms with Crippen LogP contribution in [0.4, 0.5) is 4.39 Å². The van der Waals surface area contributed by atoms with E-state index in [2.05, 4.69) is 17.2 Å². The summed E-state index contributed by atoms with van der Waals surface area (Å²) in [6, 6.07) is 4.35. The molecule has 0 bridgehead atoms. The molecule has 0 aromatic heterocycles. The number of amides is 1. The number of carbonyl (C=O) groups is 1. The molecule has 108 valence electrons. The maximum absolute atomic E-state index is 13.6. The van der Waals surface area contributed by atoms with Crippen LogP contribution in [-0.4, -0.2) is 30.3 Å². The number of hydrogen-bond donors (Lipinski definition) is 2. The van der Waals surface area contributed by atoms with Crippen molar-refractivity contribution in [2.45, 2.75) is 26.5 Å². The van der Waals surface area contributed by atoms with E-state index in [0.717, 1.165) is 0 Å². The number of aliphatic hydroxyl groups is 1. The number of hydrogen-bond acceptors (Lipinski definition) is 3. The lowest BCUT2D eigenvalue weighted by Gasteiger charge is -2.09. The van der Waals surface area contributed by atoms with Gasteiger partial charge < -0.3 is 15.2 Å². The van der Waals surface area contributed by atoms with Gasteiger partial charge in [-0.3, -0.25) is 4.79 Å². The molecule has 1 aromatic carbocycles. The topological polar surface area (TPSA) is 58.6 Å². The Morgan fingerprint density at radius 2 is 2.25 bits per heavy atom. The Hall–Kier alpha value is -1.90. The fourth-order valence-electron chi connectivity index (χ4n) is 1.42. The lowest BCUT2D eigenvalue weighted by molar-refractivity contribution is -0.127. The van der Waals surface area contributed by atoms with Gasteiger partial charge in [0, 0.05) is 17.7 Å². The first-order chi connectivity index (χ1) is 9.52. The van der Waals surface area contributed by atoms with Gasteiger partial charge in [-0.15, -0.1) is 0 Å². The molecule has 2 N–H and O–H groups in total. The quantitative estimate of drug-likeness (QED) is 0.797. The number of rotatable bonds is 5. The Morgan fingerprint density at radius 1 is 1.50 bits per heavy atom. The van der Waals surface area contributed by atoms with E-state index in [-0.39, 0.29) is 31.8 Å². The summed E-state index contributed by atoms with van der Waals surface area (Å²) in [5.41, 5.74) is 0.927. The van der Waals surface area contributed by atoms with Crippen molar-refractivity contribution in [2.24, 2.45) is 0 Å². The van der Waals surface area contributed by atoms with Crippen molar-refractivity contribution in [1.29, 1.82) is 0 Å².